The van der Waals surface area contributed by atoms with Crippen LogP contribution in [0.1, 0.15) is 64.7 Å². The van der Waals surface area contributed by atoms with Gasteiger partial charge in [-0.3, -0.25) is 0 Å². The SMILES string of the molecule is CCCCCCCCCC[C]12[CH]3[CH]4[CH]5[CH]1[Fe]45321678[CH]2[CH]1[CH]6[CH]7[CH]28.N. The van der Waals surface area contributed by atoms with Gasteiger partial charge in [0.2, 0.25) is 0 Å². The van der Waals surface area contributed by atoms with Crippen LogP contribution in [0, 0.1) is 0 Å². The largest absolute Gasteiger partial charge is 0.344 e. The third kappa shape index (κ3) is 0.154. The van der Waals surface area contributed by atoms with Crippen LogP contribution in [0.25, 0.3) is 0 Å². The molecule has 0 aromatic rings. The minimum Gasteiger partial charge on any atom is -0.344 e. The average Bonchev–Trinajstić information content (AvgIpc) is 3.44. The van der Waals surface area contributed by atoms with E-state index >= 15 is 0 Å². The van der Waals surface area contributed by atoms with Crippen LogP contribution in [0.3, 0.4) is 0 Å². The zero-order chi connectivity index (χ0) is 13.4. The van der Waals surface area contributed by atoms with Crippen molar-refractivity contribution in [2.45, 2.75) is 112 Å². The van der Waals surface area contributed by atoms with E-state index < -0.39 is 6.51 Å². The van der Waals surface area contributed by atoms with Gasteiger partial charge in [-0.1, -0.05) is 0 Å². The minimum atomic E-state index is -2.64. The molecule has 0 saturated carbocycles. The second-order valence-electron chi connectivity index (χ2n) is 13.1. The maximum atomic E-state index is 2.33. The van der Waals surface area contributed by atoms with Crippen molar-refractivity contribution in [3.05, 3.63) is 0 Å². The Bertz CT molecular complexity index is 897. The topological polar surface area (TPSA) is 35.0 Å². The van der Waals surface area contributed by atoms with Crippen molar-refractivity contribution in [3.63, 3.8) is 0 Å². The number of unbranched alkanes of at least 4 members (excludes halogenated alkanes) is 7. The molecular weight excluding hydrogens is 310 g/mol. The third-order valence-electron chi connectivity index (χ3n) is 17.4. The second-order valence-corrected chi connectivity index (χ2v) is 36.7. The van der Waals surface area contributed by atoms with Gasteiger partial charge in [0.1, 0.15) is 0 Å². The van der Waals surface area contributed by atoms with E-state index in [9.17, 15) is 0 Å². The number of fused-ring (bicyclic) bond motifs is 10. The Morgan fingerprint density at radius 3 is 1.45 bits per heavy atom. The molecule has 10 aliphatic heterocycles. The fraction of sp³-hybridized carbons (Fsp3) is 1.00. The Kier molecular flexibility index (Phi) is 0.597. The summed E-state index contributed by atoms with van der Waals surface area (Å²) in [6, 6.07) is 0. The molecule has 10 rings (SSSR count). The first-order valence-corrected chi connectivity index (χ1v) is 16.6. The van der Waals surface area contributed by atoms with E-state index in [1.807, 2.05) is 0 Å². The van der Waals surface area contributed by atoms with Gasteiger partial charge in [-0.15, -0.1) is 0 Å². The fourth-order valence-electron chi connectivity index (χ4n) is 18.9. The summed E-state index contributed by atoms with van der Waals surface area (Å²) in [4.78, 5) is 14.1. The van der Waals surface area contributed by atoms with Gasteiger partial charge in [0.25, 0.3) is 0 Å². The molecule has 0 aliphatic carbocycles. The molecule has 1 spiro atoms. The molecule has 0 bridgehead atoms. The van der Waals surface area contributed by atoms with Crippen molar-refractivity contribution in [3.8, 4) is 0 Å². The van der Waals surface area contributed by atoms with Gasteiger partial charge in [0.05, 0.1) is 0 Å². The van der Waals surface area contributed by atoms with Crippen LogP contribution in [0.15, 0.2) is 0 Å². The van der Waals surface area contributed by atoms with Crippen LogP contribution in [0.5, 0.6) is 0 Å². The molecule has 4 atom stereocenters. The molecule has 4 unspecified atom stereocenters. The monoisotopic (exact) mass is 343 g/mol. The normalized spacial score (nSPS) is 94.3. The van der Waals surface area contributed by atoms with E-state index in [2.05, 4.69) is 6.92 Å². The standard InChI is InChI=1S/C15H25.C5H5.Fe.H3N/c1-2-3-4-5-6-7-8-9-12-15-13-10-11-14-15;1-2-4-5-3-1;;/h10-11,13-14H,2-9,12H2,1H3;1-5H;;1H3. The van der Waals surface area contributed by atoms with Crippen molar-refractivity contribution >= 4 is 0 Å². The summed E-state index contributed by atoms with van der Waals surface area (Å²) in [7, 11) is 0. The van der Waals surface area contributed by atoms with Gasteiger partial charge in [-0.2, -0.15) is 0 Å². The van der Waals surface area contributed by atoms with Crippen molar-refractivity contribution in [2.75, 3.05) is 0 Å². The molecule has 22 heavy (non-hydrogen) atoms. The number of hydrogen-bond donors (Lipinski definition) is 1. The molecule has 0 aromatic heterocycles. The van der Waals surface area contributed by atoms with Gasteiger partial charge in [-0.05, 0) is 0 Å². The predicted octanol–water partition coefficient (Wildman–Crippen LogP) is 7.44. The van der Waals surface area contributed by atoms with Crippen molar-refractivity contribution in [2.24, 2.45) is 0 Å². The summed E-state index contributed by atoms with van der Waals surface area (Å²) in [6.45, 7) is -0.314. The van der Waals surface area contributed by atoms with Crippen LogP contribution < -0.4 is 6.15 Å². The minimum absolute atomic E-state index is 0. The predicted molar refractivity (Wildman–Crippen MR) is 88.7 cm³/mol. The zero-order valence-electron chi connectivity index (χ0n) is 14.1. The Labute approximate surface area is 125 Å². The molecule has 2 heteroatoms. The Morgan fingerprint density at radius 1 is 0.636 bits per heavy atom. The van der Waals surface area contributed by atoms with E-state index in [0.717, 1.165) is 0 Å². The van der Waals surface area contributed by atoms with Crippen LogP contribution >= 0.6 is 0 Å². The molecule has 10 aliphatic rings. The van der Waals surface area contributed by atoms with E-state index in [1.54, 1.807) is 75.5 Å². The van der Waals surface area contributed by atoms with Crippen molar-refractivity contribution in [1.29, 1.82) is 0 Å². The zero-order valence-corrected chi connectivity index (χ0v) is 15.2. The molecule has 126 valence electrons. The summed E-state index contributed by atoms with van der Waals surface area (Å²) >= 11 is 0. The first kappa shape index (κ1) is 11.2. The van der Waals surface area contributed by atoms with Gasteiger partial charge in [-0.25, -0.2) is 0 Å². The number of hydrogen-bond acceptors (Lipinski definition) is 1. The first-order chi connectivity index (χ1) is 10.1. The molecule has 10 fully saturated rings. The maximum absolute atomic E-state index is 2.64. The Morgan fingerprint density at radius 2 is 1.09 bits per heavy atom. The van der Waals surface area contributed by atoms with Crippen molar-refractivity contribution < 1.29 is 6.51 Å². The van der Waals surface area contributed by atoms with Gasteiger partial charge in [0, 0.05) is 0 Å². The van der Waals surface area contributed by atoms with E-state index in [0.29, 0.717) is 0 Å². The Balaban J connectivity index is 0.000000900. The fourth-order valence-corrected chi connectivity index (χ4v) is 94.2. The number of rotatable bonds is 9. The van der Waals surface area contributed by atoms with E-state index in [4.69, 9.17) is 0 Å². The Hall–Kier alpha value is 0.479. The van der Waals surface area contributed by atoms with Crippen LogP contribution in [-0.2, 0) is 6.51 Å². The summed E-state index contributed by atoms with van der Waals surface area (Å²) < 4.78 is 1.24. The first-order valence-electron chi connectivity index (χ1n) is 10.3. The molecule has 3 N–H and O–H groups in total. The second kappa shape index (κ2) is 1.18. The molecule has 10 heterocycles. The smallest absolute Gasteiger partial charge is 0.344 e. The molecule has 0 aromatic carbocycles. The van der Waals surface area contributed by atoms with Gasteiger partial charge < -0.3 is 6.15 Å². The molecular formula is C20H33FeN. The molecule has 0 radical (unpaired) electrons. The quantitative estimate of drug-likeness (QED) is 0.343. The molecule has 1 nitrogen and oxygen atoms in total. The summed E-state index contributed by atoms with van der Waals surface area (Å²) in [6.07, 6.45) is 14.1. The van der Waals surface area contributed by atoms with Crippen LogP contribution in [0.2, 0.25) is 47.7 Å². The molecule has 10 saturated heterocycles. The van der Waals surface area contributed by atoms with Gasteiger partial charge in [0.15, 0.2) is 0 Å². The molecule has 0 amide bonds. The third-order valence-corrected chi connectivity index (χ3v) is 60.4. The summed E-state index contributed by atoms with van der Waals surface area (Å²) in [5.74, 6) is 0. The maximum Gasteiger partial charge on any atom is -0.344 e. The van der Waals surface area contributed by atoms with Crippen molar-refractivity contribution in [1.82, 2.24) is 6.15 Å². The van der Waals surface area contributed by atoms with E-state index in [1.165, 1.54) is 30.0 Å². The summed E-state index contributed by atoms with van der Waals surface area (Å²) in [5.41, 5.74) is 0. The average molecular weight is 343 g/mol. The van der Waals surface area contributed by atoms with Crippen LogP contribution in [0.4, 0.5) is 0 Å². The van der Waals surface area contributed by atoms with Gasteiger partial charge >= 0.3 is 119 Å². The van der Waals surface area contributed by atoms with Crippen LogP contribution in [-0.4, -0.2) is 0 Å². The van der Waals surface area contributed by atoms with E-state index in [-0.39, 0.29) is 6.15 Å². The summed E-state index contributed by atoms with van der Waals surface area (Å²) in [5, 5.41) is 0.